The first-order valence-electron chi connectivity index (χ1n) is 11.3. The van der Waals surface area contributed by atoms with Gasteiger partial charge in [0.1, 0.15) is 0 Å². The summed E-state index contributed by atoms with van der Waals surface area (Å²) in [5.41, 5.74) is 3.50. The molecular formula is C25H27N3O6S. The van der Waals surface area contributed by atoms with E-state index in [9.17, 15) is 22.8 Å². The molecule has 1 saturated heterocycles. The normalized spacial score (nSPS) is 16.9. The van der Waals surface area contributed by atoms with E-state index in [1.807, 2.05) is 34.9 Å². The van der Waals surface area contributed by atoms with Gasteiger partial charge in [0.15, 0.2) is 16.4 Å². The second-order valence-electron chi connectivity index (χ2n) is 8.83. The van der Waals surface area contributed by atoms with Gasteiger partial charge in [0.05, 0.1) is 34.1 Å². The van der Waals surface area contributed by atoms with Crippen LogP contribution in [0.15, 0.2) is 36.4 Å². The van der Waals surface area contributed by atoms with E-state index in [-0.39, 0.29) is 23.1 Å². The zero-order chi connectivity index (χ0) is 25.5. The van der Waals surface area contributed by atoms with Crippen LogP contribution in [-0.4, -0.2) is 58.4 Å². The number of nitrogens with zero attached hydrogens (tertiary/aromatic N) is 3. The first-order chi connectivity index (χ1) is 16.5. The summed E-state index contributed by atoms with van der Waals surface area (Å²) < 4.78 is 32.3. The molecule has 0 amide bonds. The van der Waals surface area contributed by atoms with Crippen molar-refractivity contribution in [3.05, 3.63) is 70.3 Å². The summed E-state index contributed by atoms with van der Waals surface area (Å²) in [6.07, 6.45) is 0.491. The Labute approximate surface area is 203 Å². The Hall–Kier alpha value is -3.53. The molecule has 0 bridgehead atoms. The van der Waals surface area contributed by atoms with Crippen LogP contribution in [0.2, 0.25) is 0 Å². The van der Waals surface area contributed by atoms with Gasteiger partial charge in [-0.15, -0.1) is 0 Å². The molecule has 184 valence electrons. The summed E-state index contributed by atoms with van der Waals surface area (Å²) in [7, 11) is -3.09. The molecule has 1 fully saturated rings. The van der Waals surface area contributed by atoms with Crippen molar-refractivity contribution in [3.8, 4) is 5.69 Å². The largest absolute Gasteiger partial charge is 0.451 e. The molecule has 0 unspecified atom stereocenters. The van der Waals surface area contributed by atoms with Gasteiger partial charge in [0.2, 0.25) is 5.78 Å². The topological polar surface area (TPSA) is 117 Å². The Morgan fingerprint density at radius 1 is 1.06 bits per heavy atom. The Kier molecular flexibility index (Phi) is 6.50. The lowest BCUT2D eigenvalue weighted by Crippen LogP contribution is -2.23. The van der Waals surface area contributed by atoms with E-state index in [1.165, 1.54) is 0 Å². The highest BCUT2D eigenvalue weighted by Crippen LogP contribution is 2.29. The average molecular weight is 498 g/mol. The van der Waals surface area contributed by atoms with Gasteiger partial charge in [-0.1, -0.05) is 18.2 Å². The molecule has 1 atom stereocenters. The standard InChI is InChI=1S/C25H27N3O6S/c1-15-12-21(17(3)27(15)20-10-11-35(32,33)14-20)22(29)13-34-25(31)24(30)23-16(2)26-28(18(23)4)19-8-6-5-7-9-19/h5-9,12,20H,10-11,13-14H2,1-4H3/t20-/m1/s1. The van der Waals surface area contributed by atoms with Crippen LogP contribution in [0, 0.1) is 27.7 Å². The zero-order valence-electron chi connectivity index (χ0n) is 20.1. The third kappa shape index (κ3) is 4.70. The van der Waals surface area contributed by atoms with Crippen molar-refractivity contribution in [2.45, 2.75) is 40.2 Å². The van der Waals surface area contributed by atoms with Crippen LogP contribution in [-0.2, 0) is 19.4 Å². The monoisotopic (exact) mass is 497 g/mol. The minimum absolute atomic E-state index is 0.0375. The third-order valence-electron chi connectivity index (χ3n) is 6.40. The number of ketones is 2. The van der Waals surface area contributed by atoms with Gasteiger partial charge in [0, 0.05) is 23.0 Å². The molecule has 1 aliphatic heterocycles. The van der Waals surface area contributed by atoms with Gasteiger partial charge in [-0.3, -0.25) is 9.59 Å². The number of rotatable bonds is 7. The van der Waals surface area contributed by atoms with E-state index < -0.39 is 34.0 Å². The number of sulfone groups is 1. The predicted molar refractivity (Wildman–Crippen MR) is 129 cm³/mol. The first-order valence-corrected chi connectivity index (χ1v) is 13.1. The van der Waals surface area contributed by atoms with E-state index in [1.54, 1.807) is 38.4 Å². The van der Waals surface area contributed by atoms with Gasteiger partial charge in [-0.05, 0) is 52.3 Å². The summed E-state index contributed by atoms with van der Waals surface area (Å²) in [6.45, 7) is 6.28. The van der Waals surface area contributed by atoms with Crippen molar-refractivity contribution in [2.24, 2.45) is 0 Å². The Balaban J connectivity index is 1.47. The van der Waals surface area contributed by atoms with Crippen molar-refractivity contribution < 1.29 is 27.5 Å². The maximum atomic E-state index is 12.8. The van der Waals surface area contributed by atoms with E-state index in [4.69, 9.17) is 4.74 Å². The number of carbonyl (C=O) groups is 3. The number of aromatic nitrogens is 3. The Bertz CT molecular complexity index is 1430. The maximum absolute atomic E-state index is 12.8. The van der Waals surface area contributed by atoms with Crippen molar-refractivity contribution in [1.29, 1.82) is 0 Å². The lowest BCUT2D eigenvalue weighted by molar-refractivity contribution is -0.137. The number of para-hydroxylation sites is 1. The minimum Gasteiger partial charge on any atom is -0.451 e. The summed E-state index contributed by atoms with van der Waals surface area (Å²) in [5, 5.41) is 4.37. The molecule has 2 aromatic heterocycles. The fourth-order valence-corrected chi connectivity index (χ4v) is 6.47. The van der Waals surface area contributed by atoms with Gasteiger partial charge in [-0.25, -0.2) is 17.9 Å². The molecule has 10 heteroatoms. The number of Topliss-reactive ketones (excluding diaryl/α,β-unsaturated/α-hetero) is 2. The highest BCUT2D eigenvalue weighted by atomic mass is 32.2. The summed E-state index contributed by atoms with van der Waals surface area (Å²) in [4.78, 5) is 38.2. The van der Waals surface area contributed by atoms with Crippen molar-refractivity contribution in [1.82, 2.24) is 14.3 Å². The molecule has 1 aromatic carbocycles. The molecule has 1 aliphatic rings. The molecule has 35 heavy (non-hydrogen) atoms. The molecule has 4 rings (SSSR count). The van der Waals surface area contributed by atoms with Crippen molar-refractivity contribution in [2.75, 3.05) is 18.1 Å². The van der Waals surface area contributed by atoms with Gasteiger partial charge >= 0.3 is 5.97 Å². The molecule has 0 N–H and O–H groups in total. The van der Waals surface area contributed by atoms with Crippen LogP contribution in [0.3, 0.4) is 0 Å². The molecular weight excluding hydrogens is 470 g/mol. The summed E-state index contributed by atoms with van der Waals surface area (Å²) >= 11 is 0. The number of aryl methyl sites for hydroxylation is 2. The molecule has 3 heterocycles. The van der Waals surface area contributed by atoms with Crippen LogP contribution in [0.1, 0.15) is 56.0 Å². The quantitative estimate of drug-likeness (QED) is 0.280. The number of hydrogen-bond acceptors (Lipinski definition) is 7. The molecule has 0 spiro atoms. The smallest absolute Gasteiger partial charge is 0.380 e. The first kappa shape index (κ1) is 24.6. The SMILES string of the molecule is Cc1nn(-c2ccccc2)c(C)c1C(=O)C(=O)OCC(=O)c1cc(C)n([C@@H]2CCS(=O)(=O)C2)c1C. The lowest BCUT2D eigenvalue weighted by Gasteiger charge is -2.16. The molecule has 0 aliphatic carbocycles. The van der Waals surface area contributed by atoms with E-state index in [0.29, 0.717) is 29.1 Å². The Morgan fingerprint density at radius 2 is 1.74 bits per heavy atom. The fraction of sp³-hybridized carbons (Fsp3) is 0.360. The number of hydrogen-bond donors (Lipinski definition) is 0. The highest BCUT2D eigenvalue weighted by molar-refractivity contribution is 7.91. The fourth-order valence-electron chi connectivity index (χ4n) is 4.77. The molecule has 0 saturated carbocycles. The molecule has 0 radical (unpaired) electrons. The van der Waals surface area contributed by atoms with E-state index >= 15 is 0 Å². The van der Waals surface area contributed by atoms with Crippen LogP contribution < -0.4 is 0 Å². The Morgan fingerprint density at radius 3 is 2.37 bits per heavy atom. The van der Waals surface area contributed by atoms with Crippen molar-refractivity contribution >= 4 is 27.4 Å². The van der Waals surface area contributed by atoms with E-state index in [2.05, 4.69) is 5.10 Å². The third-order valence-corrected chi connectivity index (χ3v) is 8.15. The van der Waals surface area contributed by atoms with Crippen LogP contribution in [0.4, 0.5) is 0 Å². The van der Waals surface area contributed by atoms with Crippen molar-refractivity contribution in [3.63, 3.8) is 0 Å². The van der Waals surface area contributed by atoms with Gasteiger partial charge in [0.25, 0.3) is 5.78 Å². The molecule has 3 aromatic rings. The van der Waals surface area contributed by atoms with E-state index in [0.717, 1.165) is 11.4 Å². The van der Waals surface area contributed by atoms with Crippen LogP contribution >= 0.6 is 0 Å². The number of benzene rings is 1. The molecule has 9 nitrogen and oxygen atoms in total. The number of carbonyl (C=O) groups excluding carboxylic acids is 3. The van der Waals surface area contributed by atoms with Crippen LogP contribution in [0.25, 0.3) is 5.69 Å². The zero-order valence-corrected chi connectivity index (χ0v) is 20.9. The minimum atomic E-state index is -3.09. The van der Waals surface area contributed by atoms with Crippen LogP contribution in [0.5, 0.6) is 0 Å². The average Bonchev–Trinajstić information content (AvgIpc) is 3.43. The van der Waals surface area contributed by atoms with Gasteiger partial charge < -0.3 is 9.30 Å². The second-order valence-corrected chi connectivity index (χ2v) is 11.1. The number of esters is 1. The number of ether oxygens (including phenoxy) is 1. The van der Waals surface area contributed by atoms with Gasteiger partial charge in [-0.2, -0.15) is 5.10 Å². The second kappa shape index (κ2) is 9.26. The lowest BCUT2D eigenvalue weighted by atomic mass is 10.1. The summed E-state index contributed by atoms with van der Waals surface area (Å²) in [5.74, 6) is -2.29. The predicted octanol–water partition coefficient (Wildman–Crippen LogP) is 2.88. The summed E-state index contributed by atoms with van der Waals surface area (Å²) in [6, 6.07) is 10.7. The maximum Gasteiger partial charge on any atom is 0.380 e. The highest BCUT2D eigenvalue weighted by Gasteiger charge is 2.32.